The van der Waals surface area contributed by atoms with E-state index in [2.05, 4.69) is 5.32 Å². The van der Waals surface area contributed by atoms with Crippen molar-refractivity contribution in [2.75, 3.05) is 4.90 Å². The van der Waals surface area contributed by atoms with Gasteiger partial charge in [0.25, 0.3) is 5.91 Å². The van der Waals surface area contributed by atoms with Crippen molar-refractivity contribution in [1.82, 2.24) is 5.32 Å². The number of imide groups is 1. The highest BCUT2D eigenvalue weighted by Crippen LogP contribution is 2.25. The van der Waals surface area contributed by atoms with E-state index in [9.17, 15) is 9.59 Å². The first-order chi connectivity index (χ1) is 10.6. The zero-order valence-electron chi connectivity index (χ0n) is 11.8. The van der Waals surface area contributed by atoms with E-state index in [1.54, 1.807) is 30.3 Å². The van der Waals surface area contributed by atoms with Gasteiger partial charge in [0.2, 0.25) is 0 Å². The quantitative estimate of drug-likeness (QED) is 0.678. The summed E-state index contributed by atoms with van der Waals surface area (Å²) in [5.74, 6) is -0.393. The zero-order valence-corrected chi connectivity index (χ0v) is 12.6. The predicted octanol–water partition coefficient (Wildman–Crippen LogP) is 3.75. The molecule has 0 bridgehead atoms. The number of carbonyl (C=O) groups is 2. The molecule has 2 aromatic rings. The molecule has 0 aromatic heterocycles. The highest BCUT2D eigenvalue weighted by atomic mass is 35.5. The lowest BCUT2D eigenvalue weighted by molar-refractivity contribution is -0.113. The topological polar surface area (TPSA) is 49.4 Å². The van der Waals surface area contributed by atoms with Gasteiger partial charge >= 0.3 is 6.03 Å². The molecule has 3 amide bonds. The van der Waals surface area contributed by atoms with E-state index in [1.807, 2.05) is 31.2 Å². The number of rotatable bonds is 2. The Kier molecular flexibility index (Phi) is 3.69. The van der Waals surface area contributed by atoms with Gasteiger partial charge in [-0.1, -0.05) is 41.9 Å². The molecular weight excluding hydrogens is 300 g/mol. The van der Waals surface area contributed by atoms with Gasteiger partial charge < -0.3 is 5.32 Å². The fraction of sp³-hybridized carbons (Fsp3) is 0.0588. The van der Waals surface area contributed by atoms with E-state index in [1.165, 1.54) is 0 Å². The summed E-state index contributed by atoms with van der Waals surface area (Å²) in [6, 6.07) is 13.8. The molecule has 0 aliphatic carbocycles. The predicted molar refractivity (Wildman–Crippen MR) is 86.6 cm³/mol. The lowest BCUT2D eigenvalue weighted by atomic mass is 10.1. The molecule has 0 atom stereocenters. The maximum Gasteiger partial charge on any atom is 0.333 e. The largest absolute Gasteiger partial charge is 0.333 e. The highest BCUT2D eigenvalue weighted by Gasteiger charge is 2.34. The summed E-state index contributed by atoms with van der Waals surface area (Å²) >= 11 is 5.92. The number of hydrogen-bond donors (Lipinski definition) is 1. The molecule has 1 saturated heterocycles. The van der Waals surface area contributed by atoms with E-state index < -0.39 is 11.9 Å². The monoisotopic (exact) mass is 312 g/mol. The second kappa shape index (κ2) is 5.66. The summed E-state index contributed by atoms with van der Waals surface area (Å²) in [5.41, 5.74) is 2.61. The van der Waals surface area contributed by atoms with E-state index in [0.717, 1.165) is 16.0 Å². The van der Waals surface area contributed by atoms with Gasteiger partial charge in [0.1, 0.15) is 5.70 Å². The molecule has 0 unspecified atom stereocenters. The van der Waals surface area contributed by atoms with Gasteiger partial charge in [-0.05, 0) is 42.3 Å². The minimum Gasteiger partial charge on any atom is -0.302 e. The first kappa shape index (κ1) is 14.4. The van der Waals surface area contributed by atoms with E-state index in [0.29, 0.717) is 10.7 Å². The van der Waals surface area contributed by atoms with Gasteiger partial charge in [0.15, 0.2) is 0 Å². The first-order valence-electron chi connectivity index (χ1n) is 6.74. The molecule has 3 rings (SSSR count). The SMILES string of the molecule is Cc1ccccc1/C=C1\NC(=O)N(c2cccc(Cl)c2)C1=O. The van der Waals surface area contributed by atoms with Gasteiger partial charge in [0.05, 0.1) is 5.69 Å². The van der Waals surface area contributed by atoms with E-state index in [4.69, 9.17) is 11.6 Å². The van der Waals surface area contributed by atoms with Crippen LogP contribution in [0.3, 0.4) is 0 Å². The van der Waals surface area contributed by atoms with E-state index >= 15 is 0 Å². The van der Waals surface area contributed by atoms with Crippen molar-refractivity contribution in [3.8, 4) is 0 Å². The maximum absolute atomic E-state index is 12.5. The number of nitrogens with zero attached hydrogens (tertiary/aromatic N) is 1. The number of amides is 3. The number of aryl methyl sites for hydroxylation is 1. The molecule has 1 aliphatic heterocycles. The highest BCUT2D eigenvalue weighted by molar-refractivity contribution is 6.32. The number of anilines is 1. The Morgan fingerprint density at radius 3 is 2.59 bits per heavy atom. The zero-order chi connectivity index (χ0) is 15.7. The van der Waals surface area contributed by atoms with Crippen molar-refractivity contribution in [3.63, 3.8) is 0 Å². The van der Waals surface area contributed by atoms with Crippen molar-refractivity contribution < 1.29 is 9.59 Å². The van der Waals surface area contributed by atoms with Crippen LogP contribution in [-0.2, 0) is 4.79 Å². The number of halogens is 1. The fourth-order valence-corrected chi connectivity index (χ4v) is 2.47. The minimum atomic E-state index is -0.480. The van der Waals surface area contributed by atoms with Crippen molar-refractivity contribution >= 4 is 35.3 Å². The molecule has 5 heteroatoms. The average molecular weight is 313 g/mol. The molecule has 110 valence electrons. The van der Waals surface area contributed by atoms with Crippen LogP contribution in [0.25, 0.3) is 6.08 Å². The van der Waals surface area contributed by atoms with Gasteiger partial charge in [-0.3, -0.25) is 4.79 Å². The molecule has 4 nitrogen and oxygen atoms in total. The Morgan fingerprint density at radius 2 is 1.86 bits per heavy atom. The lowest BCUT2D eigenvalue weighted by Gasteiger charge is -2.11. The second-order valence-electron chi connectivity index (χ2n) is 4.97. The number of benzene rings is 2. The van der Waals surface area contributed by atoms with Crippen molar-refractivity contribution in [2.24, 2.45) is 0 Å². The van der Waals surface area contributed by atoms with Crippen LogP contribution in [-0.4, -0.2) is 11.9 Å². The third-order valence-electron chi connectivity index (χ3n) is 3.43. The Bertz CT molecular complexity index is 799. The van der Waals surface area contributed by atoms with Crippen LogP contribution in [0, 0.1) is 6.92 Å². The van der Waals surface area contributed by atoms with Gasteiger partial charge in [-0.15, -0.1) is 0 Å². The van der Waals surface area contributed by atoms with Gasteiger partial charge in [-0.25, -0.2) is 9.69 Å². The number of nitrogens with one attached hydrogen (secondary N) is 1. The van der Waals surface area contributed by atoms with Gasteiger partial charge in [-0.2, -0.15) is 0 Å². The molecule has 2 aromatic carbocycles. The average Bonchev–Trinajstić information content (AvgIpc) is 2.76. The fourth-order valence-electron chi connectivity index (χ4n) is 2.29. The van der Waals surface area contributed by atoms with Crippen LogP contribution >= 0.6 is 11.6 Å². The third kappa shape index (κ3) is 2.61. The normalized spacial score (nSPS) is 16.3. The summed E-state index contributed by atoms with van der Waals surface area (Å²) < 4.78 is 0. The number of hydrogen-bond acceptors (Lipinski definition) is 2. The second-order valence-corrected chi connectivity index (χ2v) is 5.40. The summed E-state index contributed by atoms with van der Waals surface area (Å²) in [6.07, 6.45) is 1.68. The summed E-state index contributed by atoms with van der Waals surface area (Å²) in [6.45, 7) is 1.95. The standard InChI is InChI=1S/C17H13ClN2O2/c1-11-5-2-3-6-12(11)9-15-16(21)20(17(22)19-15)14-8-4-7-13(18)10-14/h2-10H,1H3,(H,19,22)/b15-9-. The summed E-state index contributed by atoms with van der Waals surface area (Å²) in [7, 11) is 0. The van der Waals surface area contributed by atoms with Crippen LogP contribution in [0.2, 0.25) is 5.02 Å². The van der Waals surface area contributed by atoms with Crippen molar-refractivity contribution in [3.05, 3.63) is 70.4 Å². The molecule has 22 heavy (non-hydrogen) atoms. The van der Waals surface area contributed by atoms with Gasteiger partial charge in [0, 0.05) is 5.02 Å². The number of urea groups is 1. The molecule has 0 saturated carbocycles. The lowest BCUT2D eigenvalue weighted by Crippen LogP contribution is -2.30. The first-order valence-corrected chi connectivity index (χ1v) is 7.12. The van der Waals surface area contributed by atoms with Crippen LogP contribution in [0.4, 0.5) is 10.5 Å². The molecular formula is C17H13ClN2O2. The Labute approximate surface area is 133 Å². The van der Waals surface area contributed by atoms with Crippen LogP contribution in [0.1, 0.15) is 11.1 Å². The smallest absolute Gasteiger partial charge is 0.302 e. The maximum atomic E-state index is 12.5. The molecule has 1 heterocycles. The van der Waals surface area contributed by atoms with Crippen LogP contribution in [0.5, 0.6) is 0 Å². The molecule has 0 spiro atoms. The molecule has 1 aliphatic rings. The minimum absolute atomic E-state index is 0.249. The van der Waals surface area contributed by atoms with E-state index in [-0.39, 0.29) is 5.70 Å². The Hall–Kier alpha value is -2.59. The van der Waals surface area contributed by atoms with Crippen LogP contribution < -0.4 is 10.2 Å². The Balaban J connectivity index is 1.97. The summed E-state index contributed by atoms with van der Waals surface area (Å²) in [5, 5.41) is 3.07. The third-order valence-corrected chi connectivity index (χ3v) is 3.67. The molecule has 0 radical (unpaired) electrons. The van der Waals surface area contributed by atoms with Crippen LogP contribution in [0.15, 0.2) is 54.2 Å². The molecule has 1 fully saturated rings. The summed E-state index contributed by atoms with van der Waals surface area (Å²) in [4.78, 5) is 25.6. The van der Waals surface area contributed by atoms with Crippen molar-refractivity contribution in [1.29, 1.82) is 0 Å². The Morgan fingerprint density at radius 1 is 1.09 bits per heavy atom. The molecule has 1 N–H and O–H groups in total. The van der Waals surface area contributed by atoms with Crippen molar-refractivity contribution in [2.45, 2.75) is 6.92 Å². The number of carbonyl (C=O) groups excluding carboxylic acids is 2.